The quantitative estimate of drug-likeness (QED) is 0.773. The average Bonchev–Trinajstić information content (AvgIpc) is 2.99. The Kier molecular flexibility index (Phi) is 6.86. The van der Waals surface area contributed by atoms with Gasteiger partial charge in [-0.2, -0.15) is 0 Å². The lowest BCUT2D eigenvalue weighted by Crippen LogP contribution is -2.34. The molecular formula is C17H21ClN2O2S. The predicted octanol–water partition coefficient (Wildman–Crippen LogP) is 4.22. The summed E-state index contributed by atoms with van der Waals surface area (Å²) in [6, 6.07) is 7.45. The van der Waals surface area contributed by atoms with E-state index in [1.54, 1.807) is 12.1 Å². The van der Waals surface area contributed by atoms with Crippen LogP contribution in [0, 0.1) is 0 Å². The highest BCUT2D eigenvalue weighted by molar-refractivity contribution is 7.09. The summed E-state index contributed by atoms with van der Waals surface area (Å²) in [6.45, 7) is 4.54. The van der Waals surface area contributed by atoms with Gasteiger partial charge in [-0.05, 0) is 37.1 Å². The Morgan fingerprint density at radius 3 is 2.65 bits per heavy atom. The molecular weight excluding hydrogens is 332 g/mol. The summed E-state index contributed by atoms with van der Waals surface area (Å²) in [5.74, 6) is 0.770. The van der Waals surface area contributed by atoms with Crippen LogP contribution in [0.15, 0.2) is 29.6 Å². The molecule has 2 aromatic rings. The van der Waals surface area contributed by atoms with Gasteiger partial charge in [-0.15, -0.1) is 11.3 Å². The number of hydrogen-bond donors (Lipinski definition) is 1. The fraction of sp³-hybridized carbons (Fsp3) is 0.412. The number of amides is 1. The Morgan fingerprint density at radius 1 is 1.30 bits per heavy atom. The number of ether oxygens (including phenoxy) is 1. The van der Waals surface area contributed by atoms with Crippen molar-refractivity contribution >= 4 is 28.8 Å². The average molecular weight is 353 g/mol. The van der Waals surface area contributed by atoms with Gasteiger partial charge in [-0.25, -0.2) is 4.98 Å². The van der Waals surface area contributed by atoms with E-state index in [0.717, 1.165) is 29.3 Å². The predicted molar refractivity (Wildman–Crippen MR) is 94.1 cm³/mol. The number of nitrogens with zero attached hydrogens (tertiary/aromatic N) is 1. The van der Waals surface area contributed by atoms with Gasteiger partial charge in [0.25, 0.3) is 0 Å². The number of thiazole rings is 1. The molecule has 0 fully saturated rings. The molecule has 1 aromatic heterocycles. The molecule has 1 aromatic carbocycles. The molecule has 0 aliphatic heterocycles. The largest absolute Gasteiger partial charge is 0.486 e. The Balaban J connectivity index is 1.83. The van der Waals surface area contributed by atoms with Gasteiger partial charge in [0.2, 0.25) is 5.91 Å². The maximum atomic E-state index is 12.0. The smallest absolute Gasteiger partial charge is 0.226 e. The molecule has 0 atom stereocenters. The number of halogens is 1. The number of aromatic nitrogens is 1. The highest BCUT2D eigenvalue weighted by Crippen LogP contribution is 2.18. The van der Waals surface area contributed by atoms with E-state index in [1.807, 2.05) is 17.5 Å². The first-order valence-corrected chi connectivity index (χ1v) is 8.97. The van der Waals surface area contributed by atoms with Crippen LogP contribution in [-0.2, 0) is 17.8 Å². The second kappa shape index (κ2) is 8.89. The molecule has 1 heterocycles. The van der Waals surface area contributed by atoms with Crippen LogP contribution in [0.3, 0.4) is 0 Å². The third-order valence-corrected chi connectivity index (χ3v) is 4.59. The van der Waals surface area contributed by atoms with Crippen molar-refractivity contribution in [1.29, 1.82) is 0 Å². The first-order chi connectivity index (χ1) is 11.1. The zero-order valence-corrected chi connectivity index (χ0v) is 14.9. The standard InChI is InChI=1S/C17H21ClN2O2S/c1-3-13(4-2)19-16(21)9-14-11-23-17(20-14)10-22-15-7-5-12(18)6-8-15/h5-8,11,13H,3-4,9-10H2,1-2H3,(H,19,21). The van der Waals surface area contributed by atoms with Crippen LogP contribution in [0.5, 0.6) is 5.75 Å². The molecule has 0 unspecified atom stereocenters. The van der Waals surface area contributed by atoms with Gasteiger partial charge >= 0.3 is 0 Å². The summed E-state index contributed by atoms with van der Waals surface area (Å²) in [5, 5.41) is 6.46. The van der Waals surface area contributed by atoms with Crippen molar-refractivity contribution in [3.8, 4) is 5.75 Å². The van der Waals surface area contributed by atoms with E-state index >= 15 is 0 Å². The maximum absolute atomic E-state index is 12.0. The minimum Gasteiger partial charge on any atom is -0.486 e. The number of carbonyl (C=O) groups is 1. The molecule has 0 saturated carbocycles. The number of hydrogen-bond acceptors (Lipinski definition) is 4. The fourth-order valence-electron chi connectivity index (χ4n) is 2.11. The van der Waals surface area contributed by atoms with Gasteiger partial charge in [-0.3, -0.25) is 4.79 Å². The number of nitrogens with one attached hydrogen (secondary N) is 1. The number of benzene rings is 1. The van der Waals surface area contributed by atoms with E-state index in [9.17, 15) is 4.79 Å². The van der Waals surface area contributed by atoms with Gasteiger partial charge in [0, 0.05) is 16.4 Å². The molecule has 1 N–H and O–H groups in total. The Hall–Kier alpha value is -1.59. The molecule has 0 radical (unpaired) electrons. The third kappa shape index (κ3) is 5.84. The van der Waals surface area contributed by atoms with E-state index in [1.165, 1.54) is 11.3 Å². The third-order valence-electron chi connectivity index (χ3n) is 3.47. The lowest BCUT2D eigenvalue weighted by molar-refractivity contribution is -0.121. The van der Waals surface area contributed by atoms with Crippen LogP contribution < -0.4 is 10.1 Å². The summed E-state index contributed by atoms with van der Waals surface area (Å²) in [7, 11) is 0. The van der Waals surface area contributed by atoms with Gasteiger partial charge < -0.3 is 10.1 Å². The van der Waals surface area contributed by atoms with Crippen LogP contribution >= 0.6 is 22.9 Å². The first kappa shape index (κ1) is 17.8. The monoisotopic (exact) mass is 352 g/mol. The van der Waals surface area contributed by atoms with Crippen LogP contribution in [0.25, 0.3) is 0 Å². The Morgan fingerprint density at radius 2 is 2.00 bits per heavy atom. The van der Waals surface area contributed by atoms with E-state index in [-0.39, 0.29) is 11.9 Å². The van der Waals surface area contributed by atoms with Crippen molar-refractivity contribution in [3.63, 3.8) is 0 Å². The zero-order chi connectivity index (χ0) is 16.7. The van der Waals surface area contributed by atoms with Crippen molar-refractivity contribution in [3.05, 3.63) is 45.4 Å². The molecule has 4 nitrogen and oxygen atoms in total. The van der Waals surface area contributed by atoms with Gasteiger partial charge in [-0.1, -0.05) is 25.4 Å². The van der Waals surface area contributed by atoms with Crippen molar-refractivity contribution in [2.75, 3.05) is 0 Å². The van der Waals surface area contributed by atoms with Gasteiger partial charge in [0.1, 0.15) is 17.4 Å². The van der Waals surface area contributed by atoms with Gasteiger partial charge in [0.15, 0.2) is 0 Å². The molecule has 2 rings (SSSR count). The van der Waals surface area contributed by atoms with Crippen LogP contribution in [0.1, 0.15) is 37.4 Å². The first-order valence-electron chi connectivity index (χ1n) is 7.71. The Labute approximate surface area is 145 Å². The van der Waals surface area contributed by atoms with E-state index in [2.05, 4.69) is 24.1 Å². The summed E-state index contributed by atoms with van der Waals surface area (Å²) in [6.07, 6.45) is 2.20. The van der Waals surface area contributed by atoms with E-state index in [4.69, 9.17) is 16.3 Å². The molecule has 0 spiro atoms. The molecule has 124 valence electrons. The summed E-state index contributed by atoms with van der Waals surface area (Å²) in [5.41, 5.74) is 0.785. The maximum Gasteiger partial charge on any atom is 0.226 e. The number of carbonyl (C=O) groups excluding carboxylic acids is 1. The van der Waals surface area contributed by atoms with Crippen LogP contribution in [-0.4, -0.2) is 16.9 Å². The fourth-order valence-corrected chi connectivity index (χ4v) is 2.94. The molecule has 0 aliphatic carbocycles. The molecule has 1 amide bonds. The SMILES string of the molecule is CCC(CC)NC(=O)Cc1csc(COc2ccc(Cl)cc2)n1. The highest BCUT2D eigenvalue weighted by Gasteiger charge is 2.11. The minimum absolute atomic E-state index is 0.0224. The highest BCUT2D eigenvalue weighted by atomic mass is 35.5. The summed E-state index contributed by atoms with van der Waals surface area (Å²) >= 11 is 7.34. The molecule has 0 bridgehead atoms. The van der Waals surface area contributed by atoms with Crippen LogP contribution in [0.4, 0.5) is 0 Å². The summed E-state index contributed by atoms with van der Waals surface area (Å²) in [4.78, 5) is 16.4. The topological polar surface area (TPSA) is 51.2 Å². The lowest BCUT2D eigenvalue weighted by Gasteiger charge is -2.13. The molecule has 23 heavy (non-hydrogen) atoms. The minimum atomic E-state index is 0.0224. The zero-order valence-electron chi connectivity index (χ0n) is 13.3. The lowest BCUT2D eigenvalue weighted by atomic mass is 10.1. The second-order valence-electron chi connectivity index (χ2n) is 5.23. The number of rotatable bonds is 8. The molecule has 6 heteroatoms. The van der Waals surface area contributed by atoms with Crippen molar-refractivity contribution in [2.45, 2.75) is 45.8 Å². The Bertz CT molecular complexity index is 624. The van der Waals surface area contributed by atoms with E-state index in [0.29, 0.717) is 18.1 Å². The van der Waals surface area contributed by atoms with Crippen molar-refractivity contribution in [2.24, 2.45) is 0 Å². The van der Waals surface area contributed by atoms with Gasteiger partial charge in [0.05, 0.1) is 12.1 Å². The normalized spacial score (nSPS) is 10.8. The van der Waals surface area contributed by atoms with Crippen molar-refractivity contribution < 1.29 is 9.53 Å². The summed E-state index contributed by atoms with van der Waals surface area (Å²) < 4.78 is 5.65. The second-order valence-corrected chi connectivity index (χ2v) is 6.61. The molecule has 0 saturated heterocycles. The van der Waals surface area contributed by atoms with E-state index < -0.39 is 0 Å². The molecule has 0 aliphatic rings. The van der Waals surface area contributed by atoms with Crippen LogP contribution in [0.2, 0.25) is 5.02 Å². The van der Waals surface area contributed by atoms with Crippen molar-refractivity contribution in [1.82, 2.24) is 10.3 Å².